The summed E-state index contributed by atoms with van der Waals surface area (Å²) in [7, 11) is 1.85. The second-order valence-corrected chi connectivity index (χ2v) is 4.92. The smallest absolute Gasteiger partial charge is 0.116 e. The Labute approximate surface area is 103 Å². The van der Waals surface area contributed by atoms with Crippen molar-refractivity contribution < 1.29 is 0 Å². The van der Waals surface area contributed by atoms with Crippen LogP contribution >= 0.6 is 0 Å². The molecule has 1 unspecified atom stereocenters. The molecule has 1 aliphatic rings. The normalized spacial score (nSPS) is 19.1. The minimum Gasteiger partial charge on any atom is -0.302 e. The molecule has 0 bridgehead atoms. The highest BCUT2D eigenvalue weighted by Gasteiger charge is 2.26. The third-order valence-electron chi connectivity index (χ3n) is 3.55. The van der Waals surface area contributed by atoms with Gasteiger partial charge in [0.2, 0.25) is 0 Å². The number of benzene rings is 1. The van der Waals surface area contributed by atoms with Crippen molar-refractivity contribution in [1.82, 2.24) is 10.2 Å². The Morgan fingerprint density at radius 3 is 2.76 bits per heavy atom. The molecule has 17 heavy (non-hydrogen) atoms. The lowest BCUT2D eigenvalue weighted by Gasteiger charge is -2.33. The summed E-state index contributed by atoms with van der Waals surface area (Å²) in [5.41, 5.74) is 2.40. The lowest BCUT2D eigenvalue weighted by Crippen LogP contribution is -2.49. The van der Waals surface area contributed by atoms with Gasteiger partial charge < -0.3 is 5.32 Å². The van der Waals surface area contributed by atoms with Gasteiger partial charge in [-0.2, -0.15) is 5.26 Å². The van der Waals surface area contributed by atoms with E-state index in [0.717, 1.165) is 26.1 Å². The summed E-state index contributed by atoms with van der Waals surface area (Å²) in [6.07, 6.45) is 1.08. The van der Waals surface area contributed by atoms with Crippen LogP contribution in [0.15, 0.2) is 24.3 Å². The molecule has 0 aromatic heterocycles. The molecule has 1 aromatic carbocycles. The summed E-state index contributed by atoms with van der Waals surface area (Å²) in [5, 5.41) is 12.3. The quantitative estimate of drug-likeness (QED) is 0.854. The zero-order valence-electron chi connectivity index (χ0n) is 10.5. The molecule has 0 radical (unpaired) electrons. The molecule has 1 aliphatic heterocycles. The van der Waals surface area contributed by atoms with Crippen molar-refractivity contribution in [1.29, 1.82) is 5.26 Å². The summed E-state index contributed by atoms with van der Waals surface area (Å²) >= 11 is 0. The summed E-state index contributed by atoms with van der Waals surface area (Å²) < 4.78 is 0. The molecule has 1 heterocycles. The fourth-order valence-electron chi connectivity index (χ4n) is 2.31. The Morgan fingerprint density at radius 1 is 1.41 bits per heavy atom. The molecule has 0 amide bonds. The van der Waals surface area contributed by atoms with Gasteiger partial charge >= 0.3 is 0 Å². The maximum absolute atomic E-state index is 9.17. The van der Waals surface area contributed by atoms with E-state index in [2.05, 4.69) is 40.6 Å². The van der Waals surface area contributed by atoms with Crippen LogP contribution in [-0.4, -0.2) is 30.6 Å². The summed E-state index contributed by atoms with van der Waals surface area (Å²) in [6, 6.07) is 10.9. The third kappa shape index (κ3) is 2.66. The van der Waals surface area contributed by atoms with Gasteiger partial charge in [-0.25, -0.2) is 0 Å². The average Bonchev–Trinajstić information content (AvgIpc) is 2.38. The van der Waals surface area contributed by atoms with Gasteiger partial charge in [0.25, 0.3) is 0 Å². The molecule has 3 nitrogen and oxygen atoms in total. The maximum Gasteiger partial charge on any atom is 0.116 e. The molecule has 1 aromatic rings. The molecule has 90 valence electrons. The molecular weight excluding hydrogens is 210 g/mol. The second kappa shape index (κ2) is 4.87. The highest BCUT2D eigenvalue weighted by molar-refractivity contribution is 5.29. The Morgan fingerprint density at radius 2 is 2.12 bits per heavy atom. The van der Waals surface area contributed by atoms with Crippen molar-refractivity contribution >= 4 is 0 Å². The van der Waals surface area contributed by atoms with E-state index in [0.29, 0.717) is 0 Å². The zero-order valence-corrected chi connectivity index (χ0v) is 10.5. The number of nitrogens with zero attached hydrogens (tertiary/aromatic N) is 2. The number of likely N-dealkylation sites (N-methyl/N-ethyl adjacent to an activating group) is 1. The van der Waals surface area contributed by atoms with Gasteiger partial charge in [-0.15, -0.1) is 0 Å². The second-order valence-electron chi connectivity index (χ2n) is 4.92. The van der Waals surface area contributed by atoms with E-state index in [9.17, 15) is 5.26 Å². The van der Waals surface area contributed by atoms with Crippen molar-refractivity contribution in [3.8, 4) is 6.07 Å². The number of fused-ring (bicyclic) bond motifs is 1. The van der Waals surface area contributed by atoms with E-state index in [1.165, 1.54) is 11.1 Å². The van der Waals surface area contributed by atoms with Crippen LogP contribution < -0.4 is 5.32 Å². The molecule has 0 aliphatic carbocycles. The van der Waals surface area contributed by atoms with Crippen LogP contribution in [0.4, 0.5) is 0 Å². The van der Waals surface area contributed by atoms with Crippen molar-refractivity contribution in [2.75, 3.05) is 20.1 Å². The first kappa shape index (κ1) is 12.1. The van der Waals surface area contributed by atoms with Crippen LogP contribution in [0.25, 0.3) is 0 Å². The molecule has 0 saturated carbocycles. The van der Waals surface area contributed by atoms with E-state index in [4.69, 9.17) is 0 Å². The van der Waals surface area contributed by atoms with E-state index >= 15 is 0 Å². The zero-order chi connectivity index (χ0) is 12.3. The first-order valence-corrected chi connectivity index (χ1v) is 6.06. The number of hydrogen-bond acceptors (Lipinski definition) is 3. The summed E-state index contributed by atoms with van der Waals surface area (Å²) in [6.45, 7) is 4.72. The van der Waals surface area contributed by atoms with Crippen LogP contribution in [0.2, 0.25) is 0 Å². The van der Waals surface area contributed by atoms with Gasteiger partial charge in [-0.05, 0) is 31.5 Å². The molecule has 0 saturated heterocycles. The minimum absolute atomic E-state index is 0.452. The first-order valence-electron chi connectivity index (χ1n) is 6.06. The van der Waals surface area contributed by atoms with E-state index in [-0.39, 0.29) is 0 Å². The van der Waals surface area contributed by atoms with Gasteiger partial charge in [0.05, 0.1) is 6.07 Å². The lowest BCUT2D eigenvalue weighted by atomic mass is 9.97. The van der Waals surface area contributed by atoms with E-state index < -0.39 is 5.54 Å². The monoisotopic (exact) mass is 229 g/mol. The van der Waals surface area contributed by atoms with Gasteiger partial charge in [0.1, 0.15) is 5.54 Å². The van der Waals surface area contributed by atoms with Crippen LogP contribution in [-0.2, 0) is 13.0 Å². The number of hydrogen-bond donors (Lipinski definition) is 1. The van der Waals surface area contributed by atoms with Gasteiger partial charge in [-0.1, -0.05) is 24.3 Å². The molecule has 0 fully saturated rings. The molecule has 3 heteroatoms. The van der Waals surface area contributed by atoms with Crippen molar-refractivity contribution in [3.63, 3.8) is 0 Å². The first-order chi connectivity index (χ1) is 8.17. The molecular formula is C14H19N3. The SMILES string of the molecule is CNC(C)(C#N)CN1CCc2ccccc2C1. The predicted molar refractivity (Wildman–Crippen MR) is 68.5 cm³/mol. The summed E-state index contributed by atoms with van der Waals surface area (Å²) in [5.74, 6) is 0. The van der Waals surface area contributed by atoms with Crippen molar-refractivity contribution in [2.45, 2.75) is 25.4 Å². The third-order valence-corrected chi connectivity index (χ3v) is 3.55. The fraction of sp³-hybridized carbons (Fsp3) is 0.500. The number of rotatable bonds is 3. The van der Waals surface area contributed by atoms with Crippen molar-refractivity contribution in [2.24, 2.45) is 0 Å². The lowest BCUT2D eigenvalue weighted by molar-refractivity contribution is 0.209. The maximum atomic E-state index is 9.17. The average molecular weight is 229 g/mol. The topological polar surface area (TPSA) is 39.1 Å². The molecule has 0 spiro atoms. The number of nitriles is 1. The Balaban J connectivity index is 2.06. The molecule has 1 atom stereocenters. The highest BCUT2D eigenvalue weighted by atomic mass is 15.2. The standard InChI is InChI=1S/C14H19N3/c1-14(10-15,16-2)11-17-8-7-12-5-3-4-6-13(12)9-17/h3-6,16H,7-9,11H2,1-2H3. The minimum atomic E-state index is -0.452. The Hall–Kier alpha value is -1.37. The fourth-order valence-corrected chi connectivity index (χ4v) is 2.31. The van der Waals surface area contributed by atoms with E-state index in [1.54, 1.807) is 0 Å². The van der Waals surface area contributed by atoms with Crippen LogP contribution in [0.3, 0.4) is 0 Å². The van der Waals surface area contributed by atoms with Crippen molar-refractivity contribution in [3.05, 3.63) is 35.4 Å². The molecule has 2 rings (SSSR count). The van der Waals surface area contributed by atoms with Gasteiger partial charge in [0.15, 0.2) is 0 Å². The predicted octanol–water partition coefficient (Wildman–Crippen LogP) is 1.55. The van der Waals surface area contributed by atoms with Gasteiger partial charge in [0, 0.05) is 19.6 Å². The largest absolute Gasteiger partial charge is 0.302 e. The Kier molecular flexibility index (Phi) is 3.46. The van der Waals surface area contributed by atoms with E-state index in [1.807, 2.05) is 14.0 Å². The summed E-state index contributed by atoms with van der Waals surface area (Å²) in [4.78, 5) is 2.35. The highest BCUT2D eigenvalue weighted by Crippen LogP contribution is 2.19. The molecule has 1 N–H and O–H groups in total. The van der Waals surface area contributed by atoms with Crippen LogP contribution in [0, 0.1) is 11.3 Å². The van der Waals surface area contributed by atoms with Crippen LogP contribution in [0.1, 0.15) is 18.1 Å². The number of nitrogens with one attached hydrogen (secondary N) is 1. The van der Waals surface area contributed by atoms with Gasteiger partial charge in [-0.3, -0.25) is 4.90 Å². The Bertz CT molecular complexity index is 435. The van der Waals surface area contributed by atoms with Crippen LogP contribution in [0.5, 0.6) is 0 Å².